The summed E-state index contributed by atoms with van der Waals surface area (Å²) in [6, 6.07) is 9.76. The first-order valence-electron chi connectivity index (χ1n) is 6.14. The summed E-state index contributed by atoms with van der Waals surface area (Å²) in [4.78, 5) is 11.9. The summed E-state index contributed by atoms with van der Waals surface area (Å²) >= 11 is 0. The second-order valence-corrected chi connectivity index (χ2v) is 4.28. The lowest BCUT2D eigenvalue weighted by Gasteiger charge is -2.09. The number of nitrogens with zero attached hydrogens (tertiary/aromatic N) is 3. The molecule has 1 aromatic heterocycles. The number of benzene rings is 1. The summed E-state index contributed by atoms with van der Waals surface area (Å²) in [6.45, 7) is 2.54. The zero-order valence-corrected chi connectivity index (χ0v) is 11.0. The number of rotatable bonds is 5. The zero-order valence-electron chi connectivity index (χ0n) is 11.0. The Morgan fingerprint density at radius 3 is 2.79 bits per heavy atom. The number of carbonyl (C=O) groups is 1. The molecule has 0 saturated heterocycles. The maximum atomic E-state index is 11.9. The SMILES string of the molecule is CNC(C)CNC(=O)c1cn(-c2ccccc2)nn1. The highest BCUT2D eigenvalue weighted by molar-refractivity contribution is 5.91. The fourth-order valence-electron chi connectivity index (χ4n) is 1.51. The van der Waals surface area contributed by atoms with E-state index in [1.807, 2.05) is 44.3 Å². The maximum Gasteiger partial charge on any atom is 0.273 e. The molecule has 1 heterocycles. The molecule has 0 aliphatic rings. The lowest BCUT2D eigenvalue weighted by molar-refractivity contribution is 0.0945. The van der Waals surface area contributed by atoms with Crippen LogP contribution >= 0.6 is 0 Å². The van der Waals surface area contributed by atoms with E-state index in [0.717, 1.165) is 5.69 Å². The predicted octanol–water partition coefficient (Wildman–Crippen LogP) is 0.605. The molecule has 0 spiro atoms. The van der Waals surface area contributed by atoms with Gasteiger partial charge in [0.25, 0.3) is 5.91 Å². The van der Waals surface area contributed by atoms with Crippen LogP contribution in [0.2, 0.25) is 0 Å². The lowest BCUT2D eigenvalue weighted by atomic mass is 10.3. The van der Waals surface area contributed by atoms with Gasteiger partial charge in [-0.25, -0.2) is 4.68 Å². The Balaban J connectivity index is 2.03. The third kappa shape index (κ3) is 3.38. The Hall–Kier alpha value is -2.21. The molecule has 0 saturated carbocycles. The summed E-state index contributed by atoms with van der Waals surface area (Å²) in [5, 5.41) is 13.7. The highest BCUT2D eigenvalue weighted by atomic mass is 16.2. The van der Waals surface area contributed by atoms with E-state index in [0.29, 0.717) is 12.2 Å². The molecule has 0 fully saturated rings. The van der Waals surface area contributed by atoms with Crippen molar-refractivity contribution in [3.63, 3.8) is 0 Å². The van der Waals surface area contributed by atoms with Crippen molar-refractivity contribution in [2.45, 2.75) is 13.0 Å². The van der Waals surface area contributed by atoms with Gasteiger partial charge in [0.2, 0.25) is 0 Å². The van der Waals surface area contributed by atoms with Gasteiger partial charge in [-0.1, -0.05) is 23.4 Å². The molecule has 6 nitrogen and oxygen atoms in total. The minimum Gasteiger partial charge on any atom is -0.349 e. The molecule has 19 heavy (non-hydrogen) atoms. The van der Waals surface area contributed by atoms with Gasteiger partial charge in [0.15, 0.2) is 5.69 Å². The van der Waals surface area contributed by atoms with Gasteiger partial charge < -0.3 is 10.6 Å². The molecule has 2 aromatic rings. The van der Waals surface area contributed by atoms with Crippen molar-refractivity contribution >= 4 is 5.91 Å². The van der Waals surface area contributed by atoms with Crippen LogP contribution in [0.1, 0.15) is 17.4 Å². The normalized spacial score (nSPS) is 12.1. The number of carbonyl (C=O) groups excluding carboxylic acids is 1. The molecular weight excluding hydrogens is 242 g/mol. The largest absolute Gasteiger partial charge is 0.349 e. The third-order valence-corrected chi connectivity index (χ3v) is 2.81. The van der Waals surface area contributed by atoms with Crippen molar-refractivity contribution < 1.29 is 4.79 Å². The quantitative estimate of drug-likeness (QED) is 0.825. The molecule has 0 aliphatic heterocycles. The molecule has 2 rings (SSSR count). The number of aromatic nitrogens is 3. The van der Waals surface area contributed by atoms with Crippen LogP contribution in [0.5, 0.6) is 0 Å². The summed E-state index contributed by atoms with van der Waals surface area (Å²) in [7, 11) is 1.85. The first-order valence-corrected chi connectivity index (χ1v) is 6.14. The van der Waals surface area contributed by atoms with Gasteiger partial charge in [0.05, 0.1) is 11.9 Å². The summed E-state index contributed by atoms with van der Waals surface area (Å²) in [6.07, 6.45) is 1.62. The number of hydrogen-bond acceptors (Lipinski definition) is 4. The van der Waals surface area contributed by atoms with Crippen LogP contribution in [-0.2, 0) is 0 Å². The molecule has 1 atom stereocenters. The zero-order chi connectivity index (χ0) is 13.7. The lowest BCUT2D eigenvalue weighted by Crippen LogP contribution is -2.37. The molecule has 100 valence electrons. The molecule has 1 unspecified atom stereocenters. The third-order valence-electron chi connectivity index (χ3n) is 2.81. The fraction of sp³-hybridized carbons (Fsp3) is 0.308. The monoisotopic (exact) mass is 259 g/mol. The van der Waals surface area contributed by atoms with Crippen LogP contribution < -0.4 is 10.6 Å². The first kappa shape index (κ1) is 13.2. The average molecular weight is 259 g/mol. The van der Waals surface area contributed by atoms with Crippen LogP contribution in [0.3, 0.4) is 0 Å². The van der Waals surface area contributed by atoms with E-state index in [-0.39, 0.29) is 11.9 Å². The van der Waals surface area contributed by atoms with E-state index in [9.17, 15) is 4.79 Å². The van der Waals surface area contributed by atoms with Crippen LogP contribution in [0.15, 0.2) is 36.5 Å². The van der Waals surface area contributed by atoms with Crippen LogP contribution in [0.25, 0.3) is 5.69 Å². The van der Waals surface area contributed by atoms with Crippen LogP contribution in [0.4, 0.5) is 0 Å². The smallest absolute Gasteiger partial charge is 0.273 e. The minimum atomic E-state index is -0.218. The molecular formula is C13H17N5O. The van der Waals surface area contributed by atoms with Gasteiger partial charge in [-0.3, -0.25) is 4.79 Å². The highest BCUT2D eigenvalue weighted by Crippen LogP contribution is 2.05. The Bertz CT molecular complexity index is 537. The molecule has 0 bridgehead atoms. The Morgan fingerprint density at radius 1 is 1.37 bits per heavy atom. The van der Waals surface area contributed by atoms with Gasteiger partial charge in [-0.05, 0) is 26.1 Å². The van der Waals surface area contributed by atoms with E-state index >= 15 is 0 Å². The van der Waals surface area contributed by atoms with Crippen molar-refractivity contribution in [3.8, 4) is 5.69 Å². The molecule has 6 heteroatoms. The standard InChI is InChI=1S/C13H17N5O/c1-10(14-2)8-15-13(19)12-9-18(17-16-12)11-6-4-3-5-7-11/h3-7,9-10,14H,8H2,1-2H3,(H,15,19). The van der Waals surface area contributed by atoms with Crippen molar-refractivity contribution in [3.05, 3.63) is 42.2 Å². The number of likely N-dealkylation sites (N-methyl/N-ethyl adjacent to an activating group) is 1. The van der Waals surface area contributed by atoms with E-state index in [4.69, 9.17) is 0 Å². The van der Waals surface area contributed by atoms with Gasteiger partial charge in [-0.15, -0.1) is 5.10 Å². The van der Waals surface area contributed by atoms with Gasteiger partial charge in [0, 0.05) is 12.6 Å². The van der Waals surface area contributed by atoms with Crippen molar-refractivity contribution in [2.75, 3.05) is 13.6 Å². The Morgan fingerprint density at radius 2 is 2.11 bits per heavy atom. The van der Waals surface area contributed by atoms with Gasteiger partial charge in [0.1, 0.15) is 0 Å². The maximum absolute atomic E-state index is 11.9. The summed E-state index contributed by atoms with van der Waals surface area (Å²) < 4.78 is 1.58. The Labute approximate surface area is 111 Å². The second-order valence-electron chi connectivity index (χ2n) is 4.28. The topological polar surface area (TPSA) is 71.8 Å². The molecule has 1 aromatic carbocycles. The fourth-order valence-corrected chi connectivity index (χ4v) is 1.51. The minimum absolute atomic E-state index is 0.216. The number of amides is 1. The number of para-hydroxylation sites is 1. The molecule has 1 amide bonds. The molecule has 2 N–H and O–H groups in total. The van der Waals surface area contributed by atoms with Gasteiger partial charge in [-0.2, -0.15) is 0 Å². The average Bonchev–Trinajstić information content (AvgIpc) is 2.95. The molecule has 0 aliphatic carbocycles. The predicted molar refractivity (Wildman–Crippen MR) is 72.2 cm³/mol. The van der Waals surface area contributed by atoms with E-state index in [1.54, 1.807) is 10.9 Å². The van der Waals surface area contributed by atoms with Crippen LogP contribution in [-0.4, -0.2) is 40.5 Å². The first-order chi connectivity index (χ1) is 9.20. The number of nitrogens with one attached hydrogen (secondary N) is 2. The second kappa shape index (κ2) is 6.10. The van der Waals surface area contributed by atoms with Crippen molar-refractivity contribution in [1.82, 2.24) is 25.6 Å². The van der Waals surface area contributed by atoms with E-state index < -0.39 is 0 Å². The van der Waals surface area contributed by atoms with Gasteiger partial charge >= 0.3 is 0 Å². The Kier molecular flexibility index (Phi) is 4.25. The van der Waals surface area contributed by atoms with E-state index in [1.165, 1.54) is 0 Å². The van der Waals surface area contributed by atoms with Crippen molar-refractivity contribution in [1.29, 1.82) is 0 Å². The number of hydrogen-bond donors (Lipinski definition) is 2. The van der Waals surface area contributed by atoms with E-state index in [2.05, 4.69) is 20.9 Å². The van der Waals surface area contributed by atoms with Crippen molar-refractivity contribution in [2.24, 2.45) is 0 Å². The highest BCUT2D eigenvalue weighted by Gasteiger charge is 2.11. The molecule has 0 radical (unpaired) electrons. The summed E-state index contributed by atoms with van der Waals surface area (Å²) in [5.41, 5.74) is 1.18. The summed E-state index contributed by atoms with van der Waals surface area (Å²) in [5.74, 6) is -0.218. The van der Waals surface area contributed by atoms with Crippen LogP contribution in [0, 0.1) is 0 Å².